The number of hydrogen-bond acceptors (Lipinski definition) is 6. The number of carbonyl (C=O) groups excluding carboxylic acids is 1. The molecular formula is C12H18N4O2S. The van der Waals surface area contributed by atoms with Crippen LogP contribution in [0.5, 0.6) is 0 Å². The Hall–Kier alpha value is -1.02. The number of nitrogens with one attached hydrogen (secondary N) is 1. The van der Waals surface area contributed by atoms with Crippen molar-refractivity contribution in [2.75, 3.05) is 26.3 Å². The molecule has 104 valence electrons. The second-order valence-corrected chi connectivity index (χ2v) is 6.04. The lowest BCUT2D eigenvalue weighted by Gasteiger charge is -2.25. The van der Waals surface area contributed by atoms with Crippen LogP contribution in [0.2, 0.25) is 0 Å². The lowest BCUT2D eigenvalue weighted by Crippen LogP contribution is -2.35. The smallest absolute Gasteiger partial charge is 0.277 e. The number of carbonyl (C=O) groups is 1. The minimum absolute atomic E-state index is 0.215. The van der Waals surface area contributed by atoms with Gasteiger partial charge < -0.3 is 4.74 Å². The molecule has 3 N–H and O–H groups in total. The van der Waals surface area contributed by atoms with E-state index in [9.17, 15) is 4.79 Å². The molecule has 0 bridgehead atoms. The van der Waals surface area contributed by atoms with Gasteiger partial charge in [0.2, 0.25) is 0 Å². The van der Waals surface area contributed by atoms with Crippen LogP contribution in [0.15, 0.2) is 0 Å². The van der Waals surface area contributed by atoms with Gasteiger partial charge in [0.05, 0.1) is 25.5 Å². The molecule has 1 saturated carbocycles. The fourth-order valence-electron chi connectivity index (χ4n) is 2.26. The zero-order valence-corrected chi connectivity index (χ0v) is 11.5. The Labute approximate surface area is 115 Å². The van der Waals surface area contributed by atoms with E-state index >= 15 is 0 Å². The average Bonchev–Trinajstić information content (AvgIpc) is 3.21. The summed E-state index contributed by atoms with van der Waals surface area (Å²) in [6, 6.07) is 0. The normalized spacial score (nSPS) is 20.5. The summed E-state index contributed by atoms with van der Waals surface area (Å²) in [5, 5.41) is 1.00. The predicted octanol–water partition coefficient (Wildman–Crippen LogP) is 0.456. The summed E-state index contributed by atoms with van der Waals surface area (Å²) in [5.74, 6) is 5.48. The molecule has 0 aromatic carbocycles. The van der Waals surface area contributed by atoms with Crippen molar-refractivity contribution in [3.8, 4) is 0 Å². The topological polar surface area (TPSA) is 80.5 Å². The fraction of sp³-hybridized carbons (Fsp3) is 0.667. The molecule has 0 spiro atoms. The van der Waals surface area contributed by atoms with Gasteiger partial charge in [-0.3, -0.25) is 15.1 Å². The Morgan fingerprint density at radius 3 is 2.84 bits per heavy atom. The maximum atomic E-state index is 11.8. The molecule has 1 aromatic heterocycles. The molecule has 1 aliphatic heterocycles. The quantitative estimate of drug-likeness (QED) is 0.476. The molecule has 1 aliphatic carbocycles. The number of nitrogens with zero attached hydrogens (tertiary/aromatic N) is 2. The summed E-state index contributed by atoms with van der Waals surface area (Å²) >= 11 is 1.47. The molecule has 2 aliphatic rings. The average molecular weight is 282 g/mol. The number of rotatable bonds is 4. The molecule has 6 nitrogen and oxygen atoms in total. The molecule has 7 heteroatoms. The SMILES string of the molecule is NNC(=O)c1sc(CN2CCOCC2)nc1C1CC1. The van der Waals surface area contributed by atoms with E-state index in [2.05, 4.69) is 15.3 Å². The van der Waals surface area contributed by atoms with E-state index in [1.54, 1.807) is 0 Å². The van der Waals surface area contributed by atoms with Gasteiger partial charge in [0, 0.05) is 19.0 Å². The summed E-state index contributed by atoms with van der Waals surface area (Å²) < 4.78 is 5.33. The second-order valence-electron chi connectivity index (χ2n) is 4.96. The van der Waals surface area contributed by atoms with E-state index in [0.29, 0.717) is 10.8 Å². The monoisotopic (exact) mass is 282 g/mol. The number of aromatic nitrogens is 1. The largest absolute Gasteiger partial charge is 0.379 e. The van der Waals surface area contributed by atoms with Gasteiger partial charge in [-0.15, -0.1) is 11.3 Å². The zero-order chi connectivity index (χ0) is 13.2. The maximum Gasteiger partial charge on any atom is 0.277 e. The lowest BCUT2D eigenvalue weighted by molar-refractivity contribution is 0.0341. The first-order chi connectivity index (χ1) is 9.28. The number of ether oxygens (including phenoxy) is 1. The zero-order valence-electron chi connectivity index (χ0n) is 10.7. The van der Waals surface area contributed by atoms with E-state index < -0.39 is 0 Å². The number of hydrogen-bond donors (Lipinski definition) is 2. The Morgan fingerprint density at radius 1 is 1.47 bits per heavy atom. The molecule has 2 heterocycles. The van der Waals surface area contributed by atoms with Crippen LogP contribution >= 0.6 is 11.3 Å². The highest BCUT2D eigenvalue weighted by molar-refractivity contribution is 7.13. The Kier molecular flexibility index (Phi) is 3.79. The first-order valence-electron chi connectivity index (χ1n) is 6.58. The van der Waals surface area contributed by atoms with Crippen molar-refractivity contribution in [3.05, 3.63) is 15.6 Å². The Bertz CT molecular complexity index is 466. The van der Waals surface area contributed by atoms with Crippen molar-refractivity contribution in [2.24, 2.45) is 5.84 Å². The molecule has 0 atom stereocenters. The molecular weight excluding hydrogens is 264 g/mol. The van der Waals surface area contributed by atoms with Crippen molar-refractivity contribution in [1.82, 2.24) is 15.3 Å². The highest BCUT2D eigenvalue weighted by atomic mass is 32.1. The van der Waals surface area contributed by atoms with Gasteiger partial charge in [-0.2, -0.15) is 0 Å². The van der Waals surface area contributed by atoms with Crippen molar-refractivity contribution in [3.63, 3.8) is 0 Å². The van der Waals surface area contributed by atoms with Gasteiger partial charge in [-0.1, -0.05) is 0 Å². The third-order valence-corrected chi connectivity index (χ3v) is 4.52. The summed E-state index contributed by atoms with van der Waals surface area (Å²) in [7, 11) is 0. The predicted molar refractivity (Wildman–Crippen MR) is 71.8 cm³/mol. The number of amides is 1. The molecule has 0 radical (unpaired) electrons. The van der Waals surface area contributed by atoms with Crippen LogP contribution in [0.1, 0.15) is 39.1 Å². The van der Waals surface area contributed by atoms with E-state index in [1.165, 1.54) is 11.3 Å². The van der Waals surface area contributed by atoms with Crippen LogP contribution in [0.3, 0.4) is 0 Å². The molecule has 3 rings (SSSR count). The van der Waals surface area contributed by atoms with E-state index in [4.69, 9.17) is 10.6 Å². The van der Waals surface area contributed by atoms with Gasteiger partial charge in [0.15, 0.2) is 0 Å². The summed E-state index contributed by atoms with van der Waals surface area (Å²) in [4.78, 5) is 19.4. The van der Waals surface area contributed by atoms with Crippen molar-refractivity contribution in [1.29, 1.82) is 0 Å². The molecule has 2 fully saturated rings. The van der Waals surface area contributed by atoms with E-state index in [0.717, 1.165) is 56.4 Å². The molecule has 0 unspecified atom stereocenters. The Morgan fingerprint density at radius 2 is 2.21 bits per heavy atom. The number of hydrazine groups is 1. The molecule has 19 heavy (non-hydrogen) atoms. The van der Waals surface area contributed by atoms with Gasteiger partial charge in [-0.25, -0.2) is 10.8 Å². The van der Waals surface area contributed by atoms with Crippen molar-refractivity contribution < 1.29 is 9.53 Å². The third kappa shape index (κ3) is 2.94. The molecule has 1 amide bonds. The van der Waals surface area contributed by atoms with Gasteiger partial charge in [0.25, 0.3) is 5.91 Å². The van der Waals surface area contributed by atoms with Gasteiger partial charge in [0.1, 0.15) is 9.88 Å². The fourth-order valence-corrected chi connectivity index (χ4v) is 3.35. The standard InChI is InChI=1S/C12H18N4O2S/c13-15-12(17)11-10(8-1-2-8)14-9(19-11)7-16-3-5-18-6-4-16/h8H,1-7,13H2,(H,15,17). The highest BCUT2D eigenvalue weighted by Crippen LogP contribution is 2.42. The number of nitrogens with two attached hydrogens (primary N) is 1. The molecule has 1 aromatic rings. The van der Waals surface area contributed by atoms with Crippen LogP contribution in [0, 0.1) is 0 Å². The lowest BCUT2D eigenvalue weighted by atomic mass is 10.2. The summed E-state index contributed by atoms with van der Waals surface area (Å²) in [6.45, 7) is 4.20. The van der Waals surface area contributed by atoms with E-state index in [-0.39, 0.29) is 5.91 Å². The van der Waals surface area contributed by atoms with Crippen molar-refractivity contribution in [2.45, 2.75) is 25.3 Å². The summed E-state index contributed by atoms with van der Waals surface area (Å²) in [6.07, 6.45) is 2.26. The Balaban J connectivity index is 1.75. The minimum atomic E-state index is -0.215. The first-order valence-corrected chi connectivity index (χ1v) is 7.40. The van der Waals surface area contributed by atoms with E-state index in [1.807, 2.05) is 0 Å². The maximum absolute atomic E-state index is 11.8. The van der Waals surface area contributed by atoms with Crippen LogP contribution in [-0.4, -0.2) is 42.1 Å². The summed E-state index contributed by atoms with van der Waals surface area (Å²) in [5.41, 5.74) is 3.16. The second kappa shape index (κ2) is 5.54. The third-order valence-electron chi connectivity index (χ3n) is 3.46. The van der Waals surface area contributed by atoms with Crippen LogP contribution < -0.4 is 11.3 Å². The van der Waals surface area contributed by atoms with Crippen LogP contribution in [0.25, 0.3) is 0 Å². The minimum Gasteiger partial charge on any atom is -0.379 e. The van der Waals surface area contributed by atoms with Crippen LogP contribution in [0.4, 0.5) is 0 Å². The van der Waals surface area contributed by atoms with Gasteiger partial charge in [-0.05, 0) is 12.8 Å². The number of thiazole rings is 1. The number of nitrogen functional groups attached to an aromatic ring is 1. The first kappa shape index (κ1) is 13.0. The van der Waals surface area contributed by atoms with Gasteiger partial charge >= 0.3 is 0 Å². The van der Waals surface area contributed by atoms with Crippen molar-refractivity contribution >= 4 is 17.2 Å². The highest BCUT2D eigenvalue weighted by Gasteiger charge is 2.32. The number of morpholine rings is 1. The molecule has 1 saturated heterocycles. The van der Waals surface area contributed by atoms with Crippen LogP contribution in [-0.2, 0) is 11.3 Å².